The molecule has 7 nitrogen and oxygen atoms in total. The number of thiophene rings is 1. The van der Waals surface area contributed by atoms with Crippen LogP contribution >= 0.6 is 11.3 Å². The third-order valence-corrected chi connectivity index (χ3v) is 9.38. The summed E-state index contributed by atoms with van der Waals surface area (Å²) in [5.74, 6) is 0.820. The van der Waals surface area contributed by atoms with Crippen LogP contribution in [-0.4, -0.2) is 31.3 Å². The minimum Gasteiger partial charge on any atom is -0.494 e. The number of carbonyl (C=O) groups is 2. The molecule has 2 aromatic heterocycles. The summed E-state index contributed by atoms with van der Waals surface area (Å²) in [4.78, 5) is 26.0. The Morgan fingerprint density at radius 3 is 1.98 bits per heavy atom. The molecule has 0 N–H and O–H groups in total. The first kappa shape index (κ1) is 35.2. The first-order valence-electron chi connectivity index (χ1n) is 17.3. The van der Waals surface area contributed by atoms with Crippen molar-refractivity contribution in [3.63, 3.8) is 0 Å². The Labute approximate surface area is 287 Å². The number of fused-ring (bicyclic) bond motifs is 3. The Morgan fingerprint density at radius 1 is 0.667 bits per heavy atom. The van der Waals surface area contributed by atoms with Gasteiger partial charge in [-0.15, -0.1) is 11.3 Å². The third-order valence-electron chi connectivity index (χ3n) is 8.25. The third kappa shape index (κ3) is 9.70. The van der Waals surface area contributed by atoms with Crippen LogP contribution < -0.4 is 14.2 Å². The Bertz CT molecular complexity index is 1750. The summed E-state index contributed by atoms with van der Waals surface area (Å²) in [7, 11) is 0. The van der Waals surface area contributed by atoms with E-state index in [-0.39, 0.29) is 0 Å². The molecular weight excluding hydrogens is 625 g/mol. The van der Waals surface area contributed by atoms with Crippen molar-refractivity contribution in [1.29, 1.82) is 0 Å². The van der Waals surface area contributed by atoms with Gasteiger partial charge in [0.15, 0.2) is 6.10 Å². The monoisotopic (exact) mass is 670 g/mol. The highest BCUT2D eigenvalue weighted by Crippen LogP contribution is 2.37. The fraction of sp³-hybridized carbons (Fsp3) is 0.400. The van der Waals surface area contributed by atoms with E-state index in [1.165, 1.54) is 43.4 Å². The van der Waals surface area contributed by atoms with Crippen LogP contribution in [0, 0.1) is 0 Å². The molecular formula is C40H46O7S. The average Bonchev–Trinajstić information content (AvgIpc) is 3.66. The minimum atomic E-state index is -0.654. The Kier molecular flexibility index (Phi) is 13.1. The fourth-order valence-electron chi connectivity index (χ4n) is 5.44. The second-order valence-electron chi connectivity index (χ2n) is 12.1. The zero-order valence-corrected chi connectivity index (χ0v) is 29.1. The molecule has 5 aromatic rings. The quantitative estimate of drug-likeness (QED) is 0.0491. The van der Waals surface area contributed by atoms with Gasteiger partial charge in [0.05, 0.1) is 11.3 Å². The van der Waals surface area contributed by atoms with Crippen molar-refractivity contribution < 1.29 is 33.0 Å². The molecule has 0 aliphatic carbocycles. The number of rotatable bonds is 19. The Morgan fingerprint density at radius 2 is 1.27 bits per heavy atom. The first-order chi connectivity index (χ1) is 23.4. The molecule has 1 atom stereocenters. The number of unbranched alkanes of at least 4 members (excludes halogenated alkanes) is 8. The SMILES string of the molecule is CCCCCCCCOc1ccc(-c2ccc(OC(=O)c3cc4oc5cc(OC(=O)[C@H](C)OCCCCCC)ccc5c4s3)cc2)cc1. The van der Waals surface area contributed by atoms with E-state index in [0.29, 0.717) is 34.1 Å². The normalized spacial score (nSPS) is 12.0. The summed E-state index contributed by atoms with van der Waals surface area (Å²) in [5, 5.41) is 0.831. The van der Waals surface area contributed by atoms with E-state index in [1.54, 1.807) is 37.3 Å². The molecule has 0 saturated heterocycles. The molecule has 0 spiro atoms. The summed E-state index contributed by atoms with van der Waals surface area (Å²) in [6.07, 6.45) is 11.1. The maximum Gasteiger partial charge on any atom is 0.353 e. The molecule has 0 bridgehead atoms. The van der Waals surface area contributed by atoms with Crippen LogP contribution in [-0.2, 0) is 9.53 Å². The number of benzene rings is 3. The molecule has 0 radical (unpaired) electrons. The molecule has 5 rings (SSSR count). The highest BCUT2D eigenvalue weighted by molar-refractivity contribution is 7.21. The largest absolute Gasteiger partial charge is 0.494 e. The van der Waals surface area contributed by atoms with Crippen LogP contribution in [0.3, 0.4) is 0 Å². The van der Waals surface area contributed by atoms with Gasteiger partial charge in [-0.1, -0.05) is 89.5 Å². The van der Waals surface area contributed by atoms with Gasteiger partial charge in [-0.2, -0.15) is 0 Å². The van der Waals surface area contributed by atoms with Gasteiger partial charge in [-0.3, -0.25) is 0 Å². The highest BCUT2D eigenvalue weighted by Gasteiger charge is 2.20. The van der Waals surface area contributed by atoms with Gasteiger partial charge >= 0.3 is 11.9 Å². The Balaban J connectivity index is 1.12. The van der Waals surface area contributed by atoms with Crippen molar-refractivity contribution in [3.8, 4) is 28.4 Å². The van der Waals surface area contributed by atoms with E-state index in [9.17, 15) is 9.59 Å². The van der Waals surface area contributed by atoms with E-state index in [2.05, 4.69) is 13.8 Å². The lowest BCUT2D eigenvalue weighted by atomic mass is 10.1. The lowest BCUT2D eigenvalue weighted by Gasteiger charge is -2.12. The van der Waals surface area contributed by atoms with Gasteiger partial charge in [0, 0.05) is 24.1 Å². The summed E-state index contributed by atoms with van der Waals surface area (Å²) in [5.41, 5.74) is 3.22. The molecule has 0 aliphatic rings. The van der Waals surface area contributed by atoms with Crippen molar-refractivity contribution in [3.05, 3.63) is 77.7 Å². The van der Waals surface area contributed by atoms with Gasteiger partial charge in [-0.05, 0) is 67.3 Å². The second-order valence-corrected chi connectivity index (χ2v) is 13.2. The summed E-state index contributed by atoms with van der Waals surface area (Å²) in [6, 6.07) is 22.5. The number of furan rings is 1. The number of ether oxygens (including phenoxy) is 4. The topological polar surface area (TPSA) is 84.2 Å². The predicted octanol–water partition coefficient (Wildman–Crippen LogP) is 11.2. The second kappa shape index (κ2) is 17.9. The van der Waals surface area contributed by atoms with Crippen LogP contribution in [0.15, 0.2) is 77.2 Å². The van der Waals surface area contributed by atoms with Gasteiger partial charge in [0.2, 0.25) is 0 Å². The van der Waals surface area contributed by atoms with Crippen LogP contribution in [0.2, 0.25) is 0 Å². The highest BCUT2D eigenvalue weighted by atomic mass is 32.1. The average molecular weight is 671 g/mol. The smallest absolute Gasteiger partial charge is 0.353 e. The number of hydrogen-bond donors (Lipinski definition) is 0. The van der Waals surface area contributed by atoms with Crippen LogP contribution in [0.25, 0.3) is 32.4 Å². The standard InChI is InChI=1S/C40H46O7S/c1-4-6-8-10-11-13-25-44-31-18-14-29(15-19-31)30-16-20-32(21-17-30)45-40(42)37-27-36-38(48-37)34-23-22-33(26-35(34)47-36)46-39(41)28(3)43-24-12-9-7-5-2/h14-23,26-28H,4-13,24-25H2,1-3H3/t28-/m0/s1. The Hall–Kier alpha value is -4.14. The van der Waals surface area contributed by atoms with E-state index in [0.717, 1.165) is 65.7 Å². The summed E-state index contributed by atoms with van der Waals surface area (Å²) < 4.78 is 29.6. The van der Waals surface area contributed by atoms with E-state index < -0.39 is 18.0 Å². The molecule has 0 fully saturated rings. The molecule has 3 aromatic carbocycles. The predicted molar refractivity (Wildman–Crippen MR) is 192 cm³/mol. The van der Waals surface area contributed by atoms with Crippen LogP contribution in [0.5, 0.6) is 17.2 Å². The van der Waals surface area contributed by atoms with Gasteiger partial charge < -0.3 is 23.4 Å². The van der Waals surface area contributed by atoms with Crippen LogP contribution in [0.4, 0.5) is 0 Å². The minimum absolute atomic E-state index is 0.381. The fourth-order valence-corrected chi connectivity index (χ4v) is 6.43. The molecule has 0 saturated carbocycles. The molecule has 48 heavy (non-hydrogen) atoms. The summed E-state index contributed by atoms with van der Waals surface area (Å²) >= 11 is 1.30. The van der Waals surface area contributed by atoms with Crippen molar-refractivity contribution in [2.24, 2.45) is 0 Å². The number of carbonyl (C=O) groups excluding carboxylic acids is 2. The molecule has 8 heteroatoms. The van der Waals surface area contributed by atoms with Crippen LogP contribution in [0.1, 0.15) is 94.7 Å². The van der Waals surface area contributed by atoms with Gasteiger partial charge in [-0.25, -0.2) is 9.59 Å². The number of esters is 2. The lowest BCUT2D eigenvalue weighted by molar-refractivity contribution is -0.146. The van der Waals surface area contributed by atoms with Gasteiger partial charge in [0.25, 0.3) is 0 Å². The van der Waals surface area contributed by atoms with E-state index >= 15 is 0 Å². The van der Waals surface area contributed by atoms with Crippen molar-refractivity contribution in [1.82, 2.24) is 0 Å². The maximum absolute atomic E-state index is 13.0. The molecule has 0 amide bonds. The molecule has 2 heterocycles. The van der Waals surface area contributed by atoms with Gasteiger partial charge in [0.1, 0.15) is 33.3 Å². The van der Waals surface area contributed by atoms with Crippen molar-refractivity contribution >= 4 is 44.5 Å². The van der Waals surface area contributed by atoms with E-state index in [4.69, 9.17) is 23.4 Å². The zero-order valence-electron chi connectivity index (χ0n) is 28.3. The van der Waals surface area contributed by atoms with E-state index in [1.807, 2.05) is 42.5 Å². The zero-order chi connectivity index (χ0) is 33.7. The van der Waals surface area contributed by atoms with Crippen molar-refractivity contribution in [2.75, 3.05) is 13.2 Å². The van der Waals surface area contributed by atoms with Crippen molar-refractivity contribution in [2.45, 2.75) is 91.1 Å². The maximum atomic E-state index is 13.0. The first-order valence-corrected chi connectivity index (χ1v) is 18.1. The lowest BCUT2D eigenvalue weighted by Crippen LogP contribution is -2.26. The molecule has 0 aliphatic heterocycles. The number of hydrogen-bond acceptors (Lipinski definition) is 8. The summed E-state index contributed by atoms with van der Waals surface area (Å²) in [6.45, 7) is 7.36. The molecule has 254 valence electrons. The molecule has 0 unspecified atom stereocenters.